The van der Waals surface area contributed by atoms with Crippen molar-refractivity contribution in [2.24, 2.45) is 0 Å². The van der Waals surface area contributed by atoms with Gasteiger partial charge in [-0.25, -0.2) is 4.79 Å². The summed E-state index contributed by atoms with van der Waals surface area (Å²) < 4.78 is 36.9. The lowest BCUT2D eigenvalue weighted by Gasteiger charge is -2.09. The molecule has 0 aliphatic heterocycles. The Labute approximate surface area is 81.6 Å². The smallest absolute Gasteiger partial charge is 0.434 e. The first-order valence-corrected chi connectivity index (χ1v) is 3.57. The van der Waals surface area contributed by atoms with Crippen LogP contribution in [0.4, 0.5) is 13.2 Å². The maximum atomic E-state index is 12.3. The van der Waals surface area contributed by atoms with Crippen molar-refractivity contribution in [1.82, 2.24) is 4.98 Å². The van der Waals surface area contributed by atoms with Crippen LogP contribution in [-0.4, -0.2) is 16.1 Å². The molecule has 0 bridgehead atoms. The second kappa shape index (κ2) is 3.57. The Kier molecular flexibility index (Phi) is 2.61. The van der Waals surface area contributed by atoms with Gasteiger partial charge in [0.25, 0.3) is 0 Å². The number of aromatic carboxylic acids is 1. The Morgan fingerprint density at radius 1 is 1.53 bits per heavy atom. The van der Waals surface area contributed by atoms with Gasteiger partial charge >= 0.3 is 12.1 Å². The zero-order chi connectivity index (χ0) is 11.6. The number of rotatable bonds is 1. The number of halogens is 3. The van der Waals surface area contributed by atoms with E-state index in [9.17, 15) is 18.0 Å². The number of carboxylic acids is 1. The molecule has 7 heteroatoms. The number of carbonyl (C=O) groups is 1. The number of hydrogen-bond donors (Lipinski definition) is 1. The van der Waals surface area contributed by atoms with Gasteiger partial charge in [-0.2, -0.15) is 18.4 Å². The number of nitriles is 1. The molecule has 0 spiro atoms. The summed E-state index contributed by atoms with van der Waals surface area (Å²) >= 11 is 0. The molecule has 1 N–H and O–H groups in total. The molecule has 0 amide bonds. The molecule has 0 unspecified atom stereocenters. The van der Waals surface area contributed by atoms with Gasteiger partial charge in [0.2, 0.25) is 0 Å². The van der Waals surface area contributed by atoms with Crippen LogP contribution in [-0.2, 0) is 6.18 Å². The van der Waals surface area contributed by atoms with E-state index in [1.807, 2.05) is 0 Å². The summed E-state index contributed by atoms with van der Waals surface area (Å²) in [5, 5.41) is 17.0. The third-order valence-corrected chi connectivity index (χ3v) is 1.55. The predicted molar refractivity (Wildman–Crippen MR) is 40.9 cm³/mol. The first kappa shape index (κ1) is 11.0. The molecule has 0 fully saturated rings. The zero-order valence-corrected chi connectivity index (χ0v) is 7.04. The molecule has 1 heterocycles. The lowest BCUT2D eigenvalue weighted by atomic mass is 10.1. The quantitative estimate of drug-likeness (QED) is 0.774. The molecule has 0 radical (unpaired) electrons. The molecule has 1 aromatic heterocycles. The van der Waals surface area contributed by atoms with Gasteiger partial charge in [0.05, 0.1) is 5.56 Å². The molecule has 1 aromatic rings. The van der Waals surface area contributed by atoms with E-state index in [-0.39, 0.29) is 0 Å². The highest BCUT2D eigenvalue weighted by Gasteiger charge is 2.38. The van der Waals surface area contributed by atoms with Crippen molar-refractivity contribution in [3.05, 3.63) is 29.1 Å². The van der Waals surface area contributed by atoms with Crippen LogP contribution in [0.5, 0.6) is 0 Å². The van der Waals surface area contributed by atoms with E-state index < -0.39 is 29.0 Å². The highest BCUT2D eigenvalue weighted by Crippen LogP contribution is 2.31. The number of alkyl halides is 3. The molecule has 4 nitrogen and oxygen atoms in total. The number of nitrogens with zero attached hydrogens (tertiary/aromatic N) is 2. The number of carboxylic acid groups (broad SMARTS) is 1. The first-order chi connectivity index (χ1) is 6.88. The van der Waals surface area contributed by atoms with E-state index in [1.165, 1.54) is 6.07 Å². The fourth-order valence-corrected chi connectivity index (χ4v) is 0.986. The highest BCUT2D eigenvalue weighted by atomic mass is 19.4. The van der Waals surface area contributed by atoms with Crippen molar-refractivity contribution in [3.8, 4) is 6.07 Å². The number of hydrogen-bond acceptors (Lipinski definition) is 3. The second-order valence-electron chi connectivity index (χ2n) is 2.50. The highest BCUT2D eigenvalue weighted by molar-refractivity contribution is 5.91. The number of aromatic nitrogens is 1. The molecule has 0 aliphatic rings. The third kappa shape index (κ3) is 2.04. The molecule has 15 heavy (non-hydrogen) atoms. The summed E-state index contributed by atoms with van der Waals surface area (Å²) in [6.07, 6.45) is -4.14. The van der Waals surface area contributed by atoms with Crippen molar-refractivity contribution in [3.63, 3.8) is 0 Å². The van der Waals surface area contributed by atoms with Crippen LogP contribution in [0.15, 0.2) is 12.3 Å². The van der Waals surface area contributed by atoms with E-state index in [0.29, 0.717) is 0 Å². The van der Waals surface area contributed by atoms with E-state index in [2.05, 4.69) is 4.98 Å². The second-order valence-corrected chi connectivity index (χ2v) is 2.50. The fourth-order valence-electron chi connectivity index (χ4n) is 0.986. The Bertz CT molecular complexity index is 448. The molecule has 0 atom stereocenters. The third-order valence-electron chi connectivity index (χ3n) is 1.55. The van der Waals surface area contributed by atoms with Crippen molar-refractivity contribution in [1.29, 1.82) is 5.26 Å². The van der Waals surface area contributed by atoms with E-state index >= 15 is 0 Å². The number of pyridine rings is 1. The van der Waals surface area contributed by atoms with Crippen LogP contribution in [0.25, 0.3) is 0 Å². The van der Waals surface area contributed by atoms with Crippen LogP contribution in [0.2, 0.25) is 0 Å². The Hall–Kier alpha value is -2.10. The van der Waals surface area contributed by atoms with Crippen LogP contribution in [0.3, 0.4) is 0 Å². The van der Waals surface area contributed by atoms with Gasteiger partial charge in [0.1, 0.15) is 11.6 Å². The summed E-state index contributed by atoms with van der Waals surface area (Å²) in [5.41, 5.74) is -3.24. The summed E-state index contributed by atoms with van der Waals surface area (Å²) in [4.78, 5) is 13.5. The topological polar surface area (TPSA) is 74.0 Å². The zero-order valence-electron chi connectivity index (χ0n) is 7.04. The summed E-state index contributed by atoms with van der Waals surface area (Å²) in [6.45, 7) is 0. The van der Waals surface area contributed by atoms with Gasteiger partial charge in [-0.05, 0) is 6.07 Å². The molecule has 0 aliphatic carbocycles. The normalized spacial score (nSPS) is 10.8. The maximum Gasteiger partial charge on any atom is 0.434 e. The molecule has 1 rings (SSSR count). The van der Waals surface area contributed by atoms with Crippen LogP contribution in [0, 0.1) is 11.3 Å². The Morgan fingerprint density at radius 3 is 2.53 bits per heavy atom. The SMILES string of the molecule is N#Cc1ccnc(C(F)(F)F)c1C(=O)O. The molecule has 0 saturated heterocycles. The predicted octanol–water partition coefficient (Wildman–Crippen LogP) is 1.67. The lowest BCUT2D eigenvalue weighted by Crippen LogP contribution is -2.16. The van der Waals surface area contributed by atoms with Crippen molar-refractivity contribution in [2.75, 3.05) is 0 Å². The fraction of sp³-hybridized carbons (Fsp3) is 0.125. The van der Waals surface area contributed by atoms with Gasteiger partial charge in [0.15, 0.2) is 5.69 Å². The van der Waals surface area contributed by atoms with Gasteiger partial charge in [-0.1, -0.05) is 0 Å². The van der Waals surface area contributed by atoms with E-state index in [4.69, 9.17) is 10.4 Å². The summed E-state index contributed by atoms with van der Waals surface area (Å²) in [5.74, 6) is -1.83. The minimum Gasteiger partial charge on any atom is -0.478 e. The molecule has 0 saturated carbocycles. The Balaban J connectivity index is 3.55. The average Bonchev–Trinajstić information content (AvgIpc) is 2.15. The molecular formula is C8H3F3N2O2. The van der Waals surface area contributed by atoms with Crippen LogP contribution in [0.1, 0.15) is 21.6 Å². The summed E-state index contributed by atoms with van der Waals surface area (Å²) in [7, 11) is 0. The molecular weight excluding hydrogens is 213 g/mol. The first-order valence-electron chi connectivity index (χ1n) is 3.57. The summed E-state index contributed by atoms with van der Waals surface area (Å²) in [6, 6.07) is 2.28. The lowest BCUT2D eigenvalue weighted by molar-refractivity contribution is -0.141. The standard InChI is InChI=1S/C8H3F3N2O2/c9-8(10,11)6-5(7(14)15)4(3-12)1-2-13-6/h1-2H,(H,14,15). The largest absolute Gasteiger partial charge is 0.478 e. The maximum absolute atomic E-state index is 12.3. The van der Waals surface area contributed by atoms with Gasteiger partial charge in [-0.3, -0.25) is 4.98 Å². The van der Waals surface area contributed by atoms with Crippen molar-refractivity contribution in [2.45, 2.75) is 6.18 Å². The van der Waals surface area contributed by atoms with Crippen LogP contribution < -0.4 is 0 Å². The van der Waals surface area contributed by atoms with E-state index in [1.54, 1.807) is 0 Å². The minimum atomic E-state index is -4.89. The Morgan fingerprint density at radius 2 is 2.13 bits per heavy atom. The molecule has 78 valence electrons. The van der Waals surface area contributed by atoms with Crippen LogP contribution >= 0.6 is 0 Å². The average molecular weight is 216 g/mol. The van der Waals surface area contributed by atoms with Gasteiger partial charge in [0, 0.05) is 6.20 Å². The van der Waals surface area contributed by atoms with Crippen molar-refractivity contribution >= 4 is 5.97 Å². The minimum absolute atomic E-state index is 0.565. The van der Waals surface area contributed by atoms with E-state index in [0.717, 1.165) is 12.3 Å². The monoisotopic (exact) mass is 216 g/mol. The van der Waals surface area contributed by atoms with Gasteiger partial charge < -0.3 is 5.11 Å². The molecule has 0 aromatic carbocycles. The van der Waals surface area contributed by atoms with Gasteiger partial charge in [-0.15, -0.1) is 0 Å². The van der Waals surface area contributed by atoms with Crippen molar-refractivity contribution < 1.29 is 23.1 Å².